The average Bonchev–Trinajstić information content (AvgIpc) is 2.95. The second-order valence-electron chi connectivity index (χ2n) is 5.80. The first-order valence-electron chi connectivity index (χ1n) is 7.28. The van der Waals surface area contributed by atoms with Crippen molar-refractivity contribution in [1.82, 2.24) is 14.5 Å². The fourth-order valence-electron chi connectivity index (χ4n) is 2.64. The molecule has 0 aliphatic carbocycles. The summed E-state index contributed by atoms with van der Waals surface area (Å²) in [4.78, 5) is 8.63. The Morgan fingerprint density at radius 3 is 2.90 bits per heavy atom. The molecule has 0 fully saturated rings. The molecule has 0 bridgehead atoms. The minimum Gasteiger partial charge on any atom is -0.323 e. The summed E-state index contributed by atoms with van der Waals surface area (Å²) < 4.78 is 2.07. The van der Waals surface area contributed by atoms with E-state index in [9.17, 15) is 0 Å². The topological polar surface area (TPSA) is 56.7 Å². The Hall–Kier alpha value is -2.20. The predicted molar refractivity (Wildman–Crippen MR) is 85.2 cm³/mol. The summed E-state index contributed by atoms with van der Waals surface area (Å²) in [5.41, 5.74) is 9.43. The van der Waals surface area contributed by atoms with E-state index in [1.807, 2.05) is 30.9 Å². The van der Waals surface area contributed by atoms with Crippen LogP contribution in [0.1, 0.15) is 32.0 Å². The molecule has 3 rings (SSSR count). The monoisotopic (exact) mass is 280 g/mol. The molecule has 2 aromatic heterocycles. The van der Waals surface area contributed by atoms with Crippen LogP contribution in [0.5, 0.6) is 0 Å². The van der Waals surface area contributed by atoms with Gasteiger partial charge in [-0.15, -0.1) is 0 Å². The molecule has 0 saturated carbocycles. The standard InChI is InChI=1S/C17H20N4/c1-12(2)8-15(18)17-10-19-11-21(17)14-5-6-16-13(9-14)4-3-7-20-16/h3-7,9-12,15H,8,18H2,1-2H3. The van der Waals surface area contributed by atoms with Crippen LogP contribution in [-0.4, -0.2) is 14.5 Å². The number of nitrogens with zero attached hydrogens (tertiary/aromatic N) is 3. The summed E-state index contributed by atoms with van der Waals surface area (Å²) in [5.74, 6) is 0.559. The number of pyridine rings is 1. The number of nitrogens with two attached hydrogens (primary N) is 1. The predicted octanol–water partition coefficient (Wildman–Crippen LogP) is 3.47. The van der Waals surface area contributed by atoms with Crippen molar-refractivity contribution in [2.24, 2.45) is 11.7 Å². The third kappa shape index (κ3) is 2.81. The van der Waals surface area contributed by atoms with E-state index in [1.165, 1.54) is 0 Å². The smallest absolute Gasteiger partial charge is 0.0994 e. The lowest BCUT2D eigenvalue weighted by Crippen LogP contribution is -2.16. The van der Waals surface area contributed by atoms with Crippen molar-refractivity contribution in [2.45, 2.75) is 26.3 Å². The molecule has 21 heavy (non-hydrogen) atoms. The number of imidazole rings is 1. The molecular weight excluding hydrogens is 260 g/mol. The van der Waals surface area contributed by atoms with Crippen molar-refractivity contribution in [3.05, 3.63) is 54.7 Å². The van der Waals surface area contributed by atoms with Crippen molar-refractivity contribution < 1.29 is 0 Å². The van der Waals surface area contributed by atoms with Gasteiger partial charge in [0.1, 0.15) is 0 Å². The van der Waals surface area contributed by atoms with E-state index in [-0.39, 0.29) is 6.04 Å². The summed E-state index contributed by atoms with van der Waals surface area (Å²) >= 11 is 0. The number of hydrogen-bond donors (Lipinski definition) is 1. The van der Waals surface area contributed by atoms with E-state index in [0.29, 0.717) is 5.92 Å². The van der Waals surface area contributed by atoms with E-state index in [1.54, 1.807) is 0 Å². The lowest BCUT2D eigenvalue weighted by Gasteiger charge is -2.16. The lowest BCUT2D eigenvalue weighted by molar-refractivity contribution is 0.498. The van der Waals surface area contributed by atoms with Crippen LogP contribution in [-0.2, 0) is 0 Å². The Bertz CT molecular complexity index is 745. The number of rotatable bonds is 4. The highest BCUT2D eigenvalue weighted by atomic mass is 15.1. The first-order chi connectivity index (χ1) is 10.1. The van der Waals surface area contributed by atoms with Gasteiger partial charge in [-0.05, 0) is 36.6 Å². The second kappa shape index (κ2) is 5.66. The summed E-state index contributed by atoms with van der Waals surface area (Å²) in [6.07, 6.45) is 6.44. The van der Waals surface area contributed by atoms with Gasteiger partial charge in [-0.2, -0.15) is 0 Å². The molecule has 108 valence electrons. The molecule has 1 unspecified atom stereocenters. The van der Waals surface area contributed by atoms with E-state index in [2.05, 4.69) is 46.6 Å². The zero-order chi connectivity index (χ0) is 14.8. The van der Waals surface area contributed by atoms with Gasteiger partial charge in [0.2, 0.25) is 0 Å². The summed E-state index contributed by atoms with van der Waals surface area (Å²) in [6, 6.07) is 10.2. The molecule has 0 radical (unpaired) electrons. The molecule has 0 amide bonds. The summed E-state index contributed by atoms with van der Waals surface area (Å²) in [6.45, 7) is 4.37. The molecule has 0 aliphatic heterocycles. The molecule has 3 aromatic rings. The molecule has 2 heterocycles. The fraction of sp³-hybridized carbons (Fsp3) is 0.294. The van der Waals surface area contributed by atoms with Crippen LogP contribution in [0.25, 0.3) is 16.6 Å². The fourth-order valence-corrected chi connectivity index (χ4v) is 2.64. The Labute approximate surface area is 124 Å². The van der Waals surface area contributed by atoms with Crippen LogP contribution in [0, 0.1) is 5.92 Å². The van der Waals surface area contributed by atoms with Crippen molar-refractivity contribution in [3.8, 4) is 5.69 Å². The van der Waals surface area contributed by atoms with Crippen molar-refractivity contribution in [3.63, 3.8) is 0 Å². The van der Waals surface area contributed by atoms with Gasteiger partial charge >= 0.3 is 0 Å². The molecule has 0 saturated heterocycles. The molecule has 4 nitrogen and oxygen atoms in total. The molecule has 0 spiro atoms. The number of aromatic nitrogens is 3. The minimum atomic E-state index is -0.00269. The molecular formula is C17H20N4. The van der Waals surface area contributed by atoms with Gasteiger partial charge in [-0.1, -0.05) is 19.9 Å². The van der Waals surface area contributed by atoms with Crippen LogP contribution in [0.3, 0.4) is 0 Å². The lowest BCUT2D eigenvalue weighted by atomic mass is 10.0. The maximum absolute atomic E-state index is 6.32. The molecule has 2 N–H and O–H groups in total. The number of benzene rings is 1. The van der Waals surface area contributed by atoms with Gasteiger partial charge in [0.25, 0.3) is 0 Å². The summed E-state index contributed by atoms with van der Waals surface area (Å²) in [5, 5.41) is 1.12. The first kappa shape index (κ1) is 13.8. The number of fused-ring (bicyclic) bond motifs is 1. The van der Waals surface area contributed by atoms with E-state index >= 15 is 0 Å². The van der Waals surface area contributed by atoms with Gasteiger partial charge in [-0.25, -0.2) is 4.98 Å². The number of hydrogen-bond acceptors (Lipinski definition) is 3. The maximum Gasteiger partial charge on any atom is 0.0994 e. The molecule has 4 heteroatoms. The SMILES string of the molecule is CC(C)CC(N)c1cncn1-c1ccc2ncccc2c1. The largest absolute Gasteiger partial charge is 0.323 e. The zero-order valence-corrected chi connectivity index (χ0v) is 12.4. The van der Waals surface area contributed by atoms with Gasteiger partial charge in [0.15, 0.2) is 0 Å². The third-order valence-electron chi connectivity index (χ3n) is 3.64. The minimum absolute atomic E-state index is 0.00269. The van der Waals surface area contributed by atoms with Gasteiger partial charge in [0, 0.05) is 23.3 Å². The van der Waals surface area contributed by atoms with Crippen molar-refractivity contribution >= 4 is 10.9 Å². The highest BCUT2D eigenvalue weighted by molar-refractivity contribution is 5.80. The Morgan fingerprint density at radius 1 is 1.24 bits per heavy atom. The van der Waals surface area contributed by atoms with Crippen LogP contribution >= 0.6 is 0 Å². The quantitative estimate of drug-likeness (QED) is 0.796. The van der Waals surface area contributed by atoms with Crippen LogP contribution < -0.4 is 5.73 Å². The van der Waals surface area contributed by atoms with Crippen LogP contribution in [0.2, 0.25) is 0 Å². The zero-order valence-electron chi connectivity index (χ0n) is 12.4. The normalized spacial score (nSPS) is 13.0. The first-order valence-corrected chi connectivity index (χ1v) is 7.28. The van der Waals surface area contributed by atoms with Gasteiger partial charge in [0.05, 0.1) is 23.7 Å². The maximum atomic E-state index is 6.32. The summed E-state index contributed by atoms with van der Waals surface area (Å²) in [7, 11) is 0. The highest BCUT2D eigenvalue weighted by Gasteiger charge is 2.14. The Morgan fingerprint density at radius 2 is 2.10 bits per heavy atom. The van der Waals surface area contributed by atoms with Gasteiger partial charge < -0.3 is 10.3 Å². The van der Waals surface area contributed by atoms with Crippen LogP contribution in [0.15, 0.2) is 49.1 Å². The second-order valence-corrected chi connectivity index (χ2v) is 5.80. The van der Waals surface area contributed by atoms with E-state index < -0.39 is 0 Å². The van der Waals surface area contributed by atoms with E-state index in [0.717, 1.165) is 28.7 Å². The Balaban J connectivity index is 2.01. The average molecular weight is 280 g/mol. The van der Waals surface area contributed by atoms with Crippen LogP contribution in [0.4, 0.5) is 0 Å². The van der Waals surface area contributed by atoms with Crippen molar-refractivity contribution in [2.75, 3.05) is 0 Å². The molecule has 0 aliphatic rings. The third-order valence-corrected chi connectivity index (χ3v) is 3.64. The molecule has 1 atom stereocenters. The van der Waals surface area contributed by atoms with Crippen molar-refractivity contribution in [1.29, 1.82) is 0 Å². The Kier molecular flexibility index (Phi) is 3.71. The van der Waals surface area contributed by atoms with E-state index in [4.69, 9.17) is 5.73 Å². The van der Waals surface area contributed by atoms with Gasteiger partial charge in [-0.3, -0.25) is 4.98 Å². The molecule has 1 aromatic carbocycles. The highest BCUT2D eigenvalue weighted by Crippen LogP contribution is 2.23.